The van der Waals surface area contributed by atoms with Gasteiger partial charge in [-0.05, 0) is 67.9 Å². The van der Waals surface area contributed by atoms with E-state index in [0.717, 1.165) is 13.2 Å². The SMILES string of the molecule is CC(C)c1ccc([I+](OS(=O)(=O)c2cccc(F)c2)c2ccc(C(C)C)cc2)cc1. The summed E-state index contributed by atoms with van der Waals surface area (Å²) in [4.78, 5) is -0.164. The maximum Gasteiger partial charge on any atom is 0.336 e. The lowest BCUT2D eigenvalue weighted by Gasteiger charge is -2.09. The van der Waals surface area contributed by atoms with E-state index < -0.39 is 36.2 Å². The van der Waals surface area contributed by atoms with Gasteiger partial charge in [0, 0.05) is 0 Å². The van der Waals surface area contributed by atoms with E-state index in [-0.39, 0.29) is 4.90 Å². The second-order valence-corrected chi connectivity index (χ2v) is 14.1. The first kappa shape index (κ1) is 22.9. The number of hydrogen-bond donors (Lipinski definition) is 0. The van der Waals surface area contributed by atoms with E-state index in [0.29, 0.717) is 11.8 Å². The van der Waals surface area contributed by atoms with E-state index in [1.807, 2.05) is 48.5 Å². The average molecular weight is 540 g/mol. The monoisotopic (exact) mass is 540 g/mol. The van der Waals surface area contributed by atoms with Gasteiger partial charge in [-0.15, -0.1) is 0 Å². The third kappa shape index (κ3) is 5.47. The molecule has 0 bridgehead atoms. The Morgan fingerprint density at radius 3 is 1.63 bits per heavy atom. The van der Waals surface area contributed by atoms with E-state index in [4.69, 9.17) is 2.51 Å². The van der Waals surface area contributed by atoms with E-state index in [2.05, 4.69) is 27.7 Å². The number of halogens is 2. The minimum Gasteiger partial charge on any atom is -0.207 e. The topological polar surface area (TPSA) is 43.4 Å². The van der Waals surface area contributed by atoms with Crippen molar-refractivity contribution < 1.29 is 35.6 Å². The van der Waals surface area contributed by atoms with Crippen LogP contribution in [0, 0.1) is 13.0 Å². The first-order valence-electron chi connectivity index (χ1n) is 9.78. The molecule has 0 N–H and O–H groups in total. The van der Waals surface area contributed by atoms with Gasteiger partial charge in [0.15, 0.2) is 7.14 Å². The van der Waals surface area contributed by atoms with Crippen molar-refractivity contribution in [3.63, 3.8) is 0 Å². The second kappa shape index (κ2) is 9.58. The van der Waals surface area contributed by atoms with Gasteiger partial charge < -0.3 is 0 Å². The van der Waals surface area contributed by atoms with Crippen LogP contribution in [-0.2, 0) is 12.6 Å². The van der Waals surface area contributed by atoms with Crippen LogP contribution in [0.5, 0.6) is 0 Å². The molecule has 0 aliphatic rings. The Hall–Kier alpha value is -1.77. The third-order valence-electron chi connectivity index (χ3n) is 4.70. The summed E-state index contributed by atoms with van der Waals surface area (Å²) >= 11 is -2.80. The van der Waals surface area contributed by atoms with Crippen molar-refractivity contribution in [2.75, 3.05) is 0 Å². The van der Waals surface area contributed by atoms with Crippen molar-refractivity contribution >= 4 is 10.1 Å². The fourth-order valence-electron chi connectivity index (χ4n) is 2.86. The lowest BCUT2D eigenvalue weighted by molar-refractivity contribution is -1.03. The highest BCUT2D eigenvalue weighted by Gasteiger charge is 2.38. The van der Waals surface area contributed by atoms with Crippen molar-refractivity contribution in [1.82, 2.24) is 0 Å². The molecule has 159 valence electrons. The summed E-state index contributed by atoms with van der Waals surface area (Å²) in [5, 5.41) is 0. The first-order valence-corrected chi connectivity index (χ1v) is 14.2. The molecule has 1 radical (unpaired) electrons. The zero-order chi connectivity index (χ0) is 21.9. The molecule has 3 aromatic rings. The van der Waals surface area contributed by atoms with Crippen molar-refractivity contribution in [1.29, 1.82) is 0 Å². The Morgan fingerprint density at radius 2 is 1.23 bits per heavy atom. The van der Waals surface area contributed by atoms with Crippen LogP contribution in [0.4, 0.5) is 4.39 Å². The Labute approximate surface area is 186 Å². The molecule has 0 aliphatic carbocycles. The largest absolute Gasteiger partial charge is 0.336 e. The first-order chi connectivity index (χ1) is 14.2. The smallest absolute Gasteiger partial charge is 0.207 e. The summed E-state index contributed by atoms with van der Waals surface area (Å²) in [6.07, 6.45) is 0. The van der Waals surface area contributed by atoms with Gasteiger partial charge in [0.2, 0.25) is 0 Å². The lowest BCUT2D eigenvalue weighted by atomic mass is 10.0. The quantitative estimate of drug-likeness (QED) is 0.433. The van der Waals surface area contributed by atoms with E-state index in [9.17, 15) is 12.8 Å². The fraction of sp³-hybridized carbons (Fsp3) is 0.250. The molecule has 0 heterocycles. The van der Waals surface area contributed by atoms with Gasteiger partial charge in [-0.2, -0.15) is 8.42 Å². The van der Waals surface area contributed by atoms with E-state index in [1.54, 1.807) is 0 Å². The summed E-state index contributed by atoms with van der Waals surface area (Å²) in [6.45, 7) is 8.45. The highest BCUT2D eigenvalue weighted by atomic mass is 127. The lowest BCUT2D eigenvalue weighted by Crippen LogP contribution is -3.85. The zero-order valence-electron chi connectivity index (χ0n) is 17.5. The van der Waals surface area contributed by atoms with Crippen LogP contribution in [0.25, 0.3) is 0 Å². The normalized spacial score (nSPS) is 12.1. The molecule has 0 spiro atoms. The van der Waals surface area contributed by atoms with Gasteiger partial charge in [-0.3, -0.25) is 0 Å². The van der Waals surface area contributed by atoms with Crippen LogP contribution in [-0.4, -0.2) is 8.42 Å². The predicted octanol–water partition coefficient (Wildman–Crippen LogP) is 3.06. The fourth-order valence-corrected chi connectivity index (χ4v) is 9.78. The Morgan fingerprint density at radius 1 is 0.767 bits per heavy atom. The maximum absolute atomic E-state index is 13.6. The summed E-state index contributed by atoms with van der Waals surface area (Å²) in [6, 6.07) is 20.8. The molecular formula is C24H26FIO3S+. The summed E-state index contributed by atoms with van der Waals surface area (Å²) < 4.78 is 47.1. The van der Waals surface area contributed by atoms with Crippen LogP contribution in [0.1, 0.15) is 50.7 Å². The van der Waals surface area contributed by atoms with Crippen LogP contribution >= 0.6 is 0 Å². The molecule has 0 aliphatic heterocycles. The summed E-state index contributed by atoms with van der Waals surface area (Å²) in [5.74, 6) is 0.148. The number of hydrogen-bond acceptors (Lipinski definition) is 3. The Bertz CT molecular complexity index is 1040. The van der Waals surface area contributed by atoms with Gasteiger partial charge in [0.05, 0.1) is 0 Å². The van der Waals surface area contributed by atoms with Crippen molar-refractivity contribution in [2.24, 2.45) is 0 Å². The van der Waals surface area contributed by atoms with Gasteiger partial charge in [0.1, 0.15) is 10.7 Å². The van der Waals surface area contributed by atoms with Crippen LogP contribution in [0.2, 0.25) is 0 Å². The van der Waals surface area contributed by atoms with Crippen LogP contribution < -0.4 is 20.2 Å². The third-order valence-corrected chi connectivity index (χ3v) is 12.0. The summed E-state index contributed by atoms with van der Waals surface area (Å²) in [7, 11) is -4.10. The van der Waals surface area contributed by atoms with Crippen LogP contribution in [0.15, 0.2) is 77.7 Å². The van der Waals surface area contributed by atoms with E-state index >= 15 is 0 Å². The number of benzene rings is 3. The molecule has 0 fully saturated rings. The molecule has 0 saturated carbocycles. The molecule has 0 saturated heterocycles. The molecule has 6 heteroatoms. The highest BCUT2D eigenvalue weighted by Crippen LogP contribution is 2.15. The Kier molecular flexibility index (Phi) is 7.31. The summed E-state index contributed by atoms with van der Waals surface area (Å²) in [5.41, 5.74) is 2.36. The molecule has 3 rings (SSSR count). The molecular weight excluding hydrogens is 514 g/mol. The van der Waals surface area contributed by atoms with Gasteiger partial charge in [-0.25, -0.2) is 4.39 Å². The van der Waals surface area contributed by atoms with Gasteiger partial charge in [0.25, 0.3) is 0 Å². The zero-order valence-corrected chi connectivity index (χ0v) is 20.4. The molecule has 3 nitrogen and oxygen atoms in total. The highest BCUT2D eigenvalue weighted by molar-refractivity contribution is 7.86. The van der Waals surface area contributed by atoms with E-state index in [1.165, 1.54) is 29.3 Å². The molecule has 30 heavy (non-hydrogen) atoms. The average Bonchev–Trinajstić information content (AvgIpc) is 2.72. The molecule has 0 atom stereocenters. The van der Waals surface area contributed by atoms with Crippen molar-refractivity contribution in [3.8, 4) is 0 Å². The minimum atomic E-state index is -4.10. The van der Waals surface area contributed by atoms with Crippen LogP contribution in [0.3, 0.4) is 0 Å². The van der Waals surface area contributed by atoms with Crippen molar-refractivity contribution in [3.05, 3.63) is 96.9 Å². The standard InChI is InChI=1S/C24H26FIO3S/c1-17(2)19-8-12-22(13-9-19)26(23-14-10-20(11-15-23)18(3)4)29-30(27,28)24-7-5-6-21(25)16-24/h5-18H,1-4H3/q+1. The molecule has 0 aromatic heterocycles. The van der Waals surface area contributed by atoms with Gasteiger partial charge >= 0.3 is 30.4 Å². The second-order valence-electron chi connectivity index (χ2n) is 7.64. The molecule has 0 amide bonds. The molecule has 3 aromatic carbocycles. The number of rotatable bonds is 7. The predicted molar refractivity (Wildman–Crippen MR) is 113 cm³/mol. The minimum absolute atomic E-state index is 0.164. The maximum atomic E-state index is 13.6. The Balaban J connectivity index is 2.02. The molecule has 0 unspecified atom stereocenters. The van der Waals surface area contributed by atoms with Crippen molar-refractivity contribution in [2.45, 2.75) is 44.4 Å². The van der Waals surface area contributed by atoms with Gasteiger partial charge in [-0.1, -0.05) is 58.0 Å².